The summed E-state index contributed by atoms with van der Waals surface area (Å²) in [5.41, 5.74) is 6.22. The van der Waals surface area contributed by atoms with Crippen molar-refractivity contribution in [3.8, 4) is 0 Å². The Balaban J connectivity index is 0.00000180. The second-order valence-corrected chi connectivity index (χ2v) is 4.50. The lowest BCUT2D eigenvalue weighted by atomic mass is 10.2. The predicted molar refractivity (Wildman–Crippen MR) is 72.8 cm³/mol. The number of esters is 1. The zero-order valence-corrected chi connectivity index (χ0v) is 11.1. The first-order valence-electron chi connectivity index (χ1n) is 6.32. The highest BCUT2D eigenvalue weighted by atomic mass is 16.5. The minimum absolute atomic E-state index is 0. The van der Waals surface area contributed by atoms with Crippen molar-refractivity contribution in [3.05, 3.63) is 17.7 Å². The molecule has 1 saturated heterocycles. The molecule has 1 aromatic heterocycles. The second-order valence-electron chi connectivity index (χ2n) is 4.50. The van der Waals surface area contributed by atoms with Crippen LogP contribution in [0.3, 0.4) is 0 Å². The molecule has 0 spiro atoms. The summed E-state index contributed by atoms with van der Waals surface area (Å²) in [6.45, 7) is 1.83. The molecule has 0 aromatic carbocycles. The standard InChI is InChI=1S/C13H19N3O2.N/c1-18-13(17)10-6-7-11(14)15-12(10)16-8-4-2-3-5-9-16;/h6-7H,2-5,8-9H2,1H3,(H2,14,15);/q;+3. The molecule has 6 nitrogen and oxygen atoms in total. The molecule has 0 unspecified atom stereocenters. The van der Waals surface area contributed by atoms with E-state index in [0.29, 0.717) is 17.2 Å². The number of carbonyl (C=O) groups excluding carboxylic acids is 1. The molecule has 0 atom stereocenters. The quantitative estimate of drug-likeness (QED) is 0.812. The Bertz CT molecular complexity index is 429. The van der Waals surface area contributed by atoms with Gasteiger partial charge in [-0.2, -0.15) is 0 Å². The van der Waals surface area contributed by atoms with Crippen LogP contribution in [0.2, 0.25) is 0 Å². The third-order valence-electron chi connectivity index (χ3n) is 3.21. The molecule has 1 fully saturated rings. The Morgan fingerprint density at radius 2 is 1.89 bits per heavy atom. The molecule has 6 heteroatoms. The third-order valence-corrected chi connectivity index (χ3v) is 3.21. The molecule has 2 radical (unpaired) electrons. The smallest absolute Gasteiger partial charge is 0.465 e. The Labute approximate surface area is 113 Å². The van der Waals surface area contributed by atoms with Crippen LogP contribution in [0.25, 0.3) is 0 Å². The second kappa shape index (κ2) is 6.75. The molecule has 2 heterocycles. The summed E-state index contributed by atoms with van der Waals surface area (Å²) in [4.78, 5) is 18.2. The maximum atomic E-state index is 11.7. The molecule has 0 saturated carbocycles. The highest BCUT2D eigenvalue weighted by Gasteiger charge is 3.00. The average molecular weight is 263 g/mol. The van der Waals surface area contributed by atoms with E-state index in [2.05, 4.69) is 9.88 Å². The van der Waals surface area contributed by atoms with Crippen LogP contribution in [-0.4, -0.2) is 31.2 Å². The predicted octanol–water partition coefficient (Wildman–Crippen LogP) is 1.35. The zero-order valence-electron chi connectivity index (χ0n) is 11.1. The summed E-state index contributed by atoms with van der Waals surface area (Å²) in [6.07, 6.45) is 4.70. The largest absolute Gasteiger partial charge is 3.00 e. The molecule has 0 aliphatic carbocycles. The van der Waals surface area contributed by atoms with E-state index < -0.39 is 0 Å². The van der Waals surface area contributed by atoms with Crippen LogP contribution in [0, 0.1) is 0 Å². The molecule has 1 aliphatic rings. The van der Waals surface area contributed by atoms with E-state index in [9.17, 15) is 4.79 Å². The van der Waals surface area contributed by atoms with Gasteiger partial charge in [0.2, 0.25) is 0 Å². The summed E-state index contributed by atoms with van der Waals surface area (Å²) in [5.74, 6) is 0.729. The van der Waals surface area contributed by atoms with Gasteiger partial charge in [0, 0.05) is 13.1 Å². The fourth-order valence-corrected chi connectivity index (χ4v) is 2.26. The lowest BCUT2D eigenvalue weighted by Crippen LogP contribution is -2.27. The van der Waals surface area contributed by atoms with E-state index in [4.69, 9.17) is 10.5 Å². The Hall–Kier alpha value is -2.07. The van der Waals surface area contributed by atoms with E-state index in [1.807, 2.05) is 0 Å². The van der Waals surface area contributed by atoms with Crippen molar-refractivity contribution in [2.75, 3.05) is 30.8 Å². The Morgan fingerprint density at radius 1 is 1.26 bits per heavy atom. The number of nitrogen functional groups attached to an aromatic ring is 1. The fourth-order valence-electron chi connectivity index (χ4n) is 2.26. The molecule has 2 rings (SSSR count). The lowest BCUT2D eigenvalue weighted by molar-refractivity contribution is 0.0601. The monoisotopic (exact) mass is 263 g/mol. The minimum Gasteiger partial charge on any atom is -0.465 e. The molecule has 1 aliphatic heterocycles. The number of anilines is 2. The van der Waals surface area contributed by atoms with Gasteiger partial charge in [0.25, 0.3) is 0 Å². The van der Waals surface area contributed by atoms with E-state index in [0.717, 1.165) is 25.9 Å². The van der Waals surface area contributed by atoms with Gasteiger partial charge < -0.3 is 15.4 Å². The number of hydrogen-bond acceptors (Lipinski definition) is 5. The average Bonchev–Trinajstić information content (AvgIpc) is 2.66. The summed E-state index contributed by atoms with van der Waals surface area (Å²) < 4.78 is 4.79. The topological polar surface area (TPSA) is 99.0 Å². The molecule has 1 aromatic rings. The number of nitrogens with two attached hydrogens (primary N) is 1. The van der Waals surface area contributed by atoms with Gasteiger partial charge in [0.1, 0.15) is 17.2 Å². The summed E-state index contributed by atoms with van der Waals surface area (Å²) in [6, 6.07) is 3.32. The van der Waals surface area contributed by atoms with Gasteiger partial charge in [-0.25, -0.2) is 9.78 Å². The number of pyridine rings is 1. The van der Waals surface area contributed by atoms with Gasteiger partial charge in [0.15, 0.2) is 0 Å². The van der Waals surface area contributed by atoms with Gasteiger partial charge in [-0.15, -0.1) is 0 Å². The van der Waals surface area contributed by atoms with Gasteiger partial charge in [-0.05, 0) is 25.0 Å². The van der Waals surface area contributed by atoms with Crippen molar-refractivity contribution in [2.24, 2.45) is 0 Å². The number of ether oxygens (including phenoxy) is 1. The maximum Gasteiger partial charge on any atom is 3.00 e. The van der Waals surface area contributed by atoms with E-state index in [-0.39, 0.29) is 12.1 Å². The third kappa shape index (κ3) is 3.45. The molecular weight excluding hydrogens is 244 g/mol. The highest BCUT2D eigenvalue weighted by molar-refractivity contribution is 5.95. The van der Waals surface area contributed by atoms with Crippen LogP contribution in [0.4, 0.5) is 11.6 Å². The molecule has 100 valence electrons. The van der Waals surface area contributed by atoms with Crippen molar-refractivity contribution in [2.45, 2.75) is 25.7 Å². The molecule has 19 heavy (non-hydrogen) atoms. The first kappa shape index (κ1) is 15.0. The molecule has 0 bridgehead atoms. The number of hydrogen-bond donors (Lipinski definition) is 1. The molecule has 2 N–H and O–H groups in total. The van der Waals surface area contributed by atoms with Crippen molar-refractivity contribution in [3.63, 3.8) is 0 Å². The first-order valence-corrected chi connectivity index (χ1v) is 6.32. The summed E-state index contributed by atoms with van der Waals surface area (Å²) >= 11 is 0. The van der Waals surface area contributed by atoms with Crippen LogP contribution in [0.15, 0.2) is 12.1 Å². The fraction of sp³-hybridized carbons (Fsp3) is 0.538. The lowest BCUT2D eigenvalue weighted by Gasteiger charge is -2.23. The maximum absolute atomic E-state index is 11.7. The molecule has 0 amide bonds. The number of methoxy groups -OCH3 is 1. The van der Waals surface area contributed by atoms with Crippen LogP contribution < -0.4 is 16.8 Å². The van der Waals surface area contributed by atoms with Gasteiger partial charge in [0.05, 0.1) is 7.11 Å². The van der Waals surface area contributed by atoms with Gasteiger partial charge >= 0.3 is 12.1 Å². The van der Waals surface area contributed by atoms with Crippen LogP contribution >= 0.6 is 0 Å². The van der Waals surface area contributed by atoms with Gasteiger partial charge in [-0.3, -0.25) is 0 Å². The van der Waals surface area contributed by atoms with E-state index in [1.165, 1.54) is 20.0 Å². The summed E-state index contributed by atoms with van der Waals surface area (Å²) in [5, 5.41) is 0. The Morgan fingerprint density at radius 3 is 2.47 bits per heavy atom. The van der Waals surface area contributed by atoms with Gasteiger partial charge in [-0.1, -0.05) is 12.8 Å². The van der Waals surface area contributed by atoms with Crippen molar-refractivity contribution >= 4 is 17.6 Å². The SMILES string of the molecule is COC(=O)c1ccc(N)nc1N1CCCCCC1.[N+3]. The normalized spacial score (nSPS) is 15.3. The van der Waals surface area contributed by atoms with E-state index >= 15 is 0 Å². The number of rotatable bonds is 2. The van der Waals surface area contributed by atoms with E-state index in [1.54, 1.807) is 12.1 Å². The van der Waals surface area contributed by atoms with Crippen LogP contribution in [0.5, 0.6) is 0 Å². The van der Waals surface area contributed by atoms with Crippen LogP contribution in [-0.2, 0) is 4.74 Å². The van der Waals surface area contributed by atoms with Crippen molar-refractivity contribution in [1.82, 2.24) is 11.1 Å². The zero-order chi connectivity index (χ0) is 13.0. The highest BCUT2D eigenvalue weighted by Crippen LogP contribution is 2.23. The molecular formula is C13H19N4O2+3. The number of aromatic nitrogens is 1. The van der Waals surface area contributed by atoms with Crippen molar-refractivity contribution in [1.29, 1.82) is 0 Å². The number of carbonyl (C=O) groups is 1. The minimum atomic E-state index is -0.359. The summed E-state index contributed by atoms with van der Waals surface area (Å²) in [7, 11) is 1.38. The van der Waals surface area contributed by atoms with Crippen molar-refractivity contribution < 1.29 is 9.53 Å². The van der Waals surface area contributed by atoms with Crippen LogP contribution in [0.1, 0.15) is 36.0 Å². The number of nitrogens with zero attached hydrogens (tertiary/aromatic N) is 3. The Kier molecular flexibility index (Phi) is 5.33. The first-order chi connectivity index (χ1) is 8.72.